The van der Waals surface area contributed by atoms with Crippen LogP contribution in [0.3, 0.4) is 0 Å². The van der Waals surface area contributed by atoms with Gasteiger partial charge in [-0.3, -0.25) is 4.79 Å². The Balaban J connectivity index is 1.90. The molecule has 0 atom stereocenters. The van der Waals surface area contributed by atoms with E-state index in [-0.39, 0.29) is 23.8 Å². The molecule has 0 heterocycles. The van der Waals surface area contributed by atoms with Gasteiger partial charge in [-0.1, -0.05) is 41.9 Å². The van der Waals surface area contributed by atoms with Gasteiger partial charge in [0, 0.05) is 11.6 Å². The third-order valence-electron chi connectivity index (χ3n) is 2.86. The molecule has 6 heteroatoms. The number of halogens is 1. The van der Waals surface area contributed by atoms with Crippen LogP contribution >= 0.6 is 11.6 Å². The molecule has 0 aliphatic rings. The van der Waals surface area contributed by atoms with Gasteiger partial charge in [-0.2, -0.15) is 0 Å². The number of aromatic carboxylic acids is 1. The molecule has 114 valence electrons. The molecule has 0 spiro atoms. The highest BCUT2D eigenvalue weighted by molar-refractivity contribution is 6.31. The third kappa shape index (κ3) is 4.49. The average molecular weight is 320 g/mol. The van der Waals surface area contributed by atoms with E-state index >= 15 is 0 Å². The molecule has 5 nitrogen and oxygen atoms in total. The van der Waals surface area contributed by atoms with Crippen molar-refractivity contribution in [2.45, 2.75) is 6.54 Å². The number of hydrogen-bond acceptors (Lipinski definition) is 3. The molecule has 0 saturated heterocycles. The van der Waals surface area contributed by atoms with Gasteiger partial charge < -0.3 is 15.2 Å². The minimum absolute atomic E-state index is 0.0802. The molecular formula is C16H14ClNO4. The first-order valence-corrected chi connectivity index (χ1v) is 6.90. The van der Waals surface area contributed by atoms with Gasteiger partial charge in [0.25, 0.3) is 5.91 Å². The van der Waals surface area contributed by atoms with Crippen molar-refractivity contribution in [3.05, 3.63) is 64.7 Å². The molecule has 0 radical (unpaired) electrons. The van der Waals surface area contributed by atoms with E-state index in [1.165, 1.54) is 18.2 Å². The van der Waals surface area contributed by atoms with Crippen molar-refractivity contribution < 1.29 is 19.4 Å². The summed E-state index contributed by atoms with van der Waals surface area (Å²) in [5, 5.41) is 12.1. The van der Waals surface area contributed by atoms with Gasteiger partial charge in [0.05, 0.1) is 0 Å². The van der Waals surface area contributed by atoms with Gasteiger partial charge in [-0.15, -0.1) is 0 Å². The fourth-order valence-electron chi connectivity index (χ4n) is 1.79. The number of rotatable bonds is 6. The van der Waals surface area contributed by atoms with E-state index in [0.717, 1.165) is 5.56 Å². The summed E-state index contributed by atoms with van der Waals surface area (Å²) in [7, 11) is 0. The minimum atomic E-state index is -1.16. The van der Waals surface area contributed by atoms with E-state index in [4.69, 9.17) is 21.4 Å². The number of carbonyl (C=O) groups is 2. The van der Waals surface area contributed by atoms with Crippen molar-refractivity contribution in [3.8, 4) is 5.75 Å². The predicted molar refractivity (Wildman–Crippen MR) is 82.2 cm³/mol. The predicted octanol–water partition coefficient (Wildman–Crippen LogP) is 2.73. The zero-order valence-corrected chi connectivity index (χ0v) is 12.3. The fourth-order valence-corrected chi connectivity index (χ4v) is 1.96. The lowest BCUT2D eigenvalue weighted by atomic mass is 10.2. The number of hydrogen-bond donors (Lipinski definition) is 2. The van der Waals surface area contributed by atoms with Crippen molar-refractivity contribution in [2.24, 2.45) is 0 Å². The Bertz CT molecular complexity index is 673. The lowest BCUT2D eigenvalue weighted by Gasteiger charge is -2.10. The van der Waals surface area contributed by atoms with E-state index < -0.39 is 5.97 Å². The normalized spacial score (nSPS) is 10.0. The van der Waals surface area contributed by atoms with Crippen molar-refractivity contribution in [1.82, 2.24) is 5.32 Å². The van der Waals surface area contributed by atoms with Crippen LogP contribution in [0.2, 0.25) is 5.02 Å². The van der Waals surface area contributed by atoms with Crippen LogP contribution in [0.4, 0.5) is 0 Å². The average Bonchev–Trinajstić information content (AvgIpc) is 2.52. The molecule has 0 saturated carbocycles. The summed E-state index contributed by atoms with van der Waals surface area (Å²) in [6, 6.07) is 13.6. The van der Waals surface area contributed by atoms with Crippen molar-refractivity contribution in [1.29, 1.82) is 0 Å². The molecule has 2 rings (SSSR count). The summed E-state index contributed by atoms with van der Waals surface area (Å²) in [6.45, 7) is 0.115. The SMILES string of the molecule is O=C(COc1ccc(Cl)cc1C(=O)O)NCc1ccccc1. The highest BCUT2D eigenvalue weighted by atomic mass is 35.5. The smallest absolute Gasteiger partial charge is 0.339 e. The molecule has 0 aromatic heterocycles. The number of carboxylic acids is 1. The van der Waals surface area contributed by atoms with Crippen LogP contribution in [-0.2, 0) is 11.3 Å². The maximum Gasteiger partial charge on any atom is 0.339 e. The molecular weight excluding hydrogens is 306 g/mol. The summed E-state index contributed by atoms with van der Waals surface area (Å²) >= 11 is 5.74. The molecule has 0 aliphatic heterocycles. The van der Waals surface area contributed by atoms with Crippen molar-refractivity contribution >= 4 is 23.5 Å². The maximum absolute atomic E-state index is 11.7. The summed E-state index contributed by atoms with van der Waals surface area (Å²) in [6.07, 6.45) is 0. The summed E-state index contributed by atoms with van der Waals surface area (Å²) < 4.78 is 5.25. The standard InChI is InChI=1S/C16H14ClNO4/c17-12-6-7-14(13(8-12)16(20)21)22-10-15(19)18-9-11-4-2-1-3-5-11/h1-8H,9-10H2,(H,18,19)(H,20,21). The van der Waals surface area contributed by atoms with Crippen LogP contribution in [-0.4, -0.2) is 23.6 Å². The first-order valence-electron chi connectivity index (χ1n) is 6.52. The molecule has 1 amide bonds. The summed E-state index contributed by atoms with van der Waals surface area (Å²) in [5.41, 5.74) is 0.886. The molecule has 2 aromatic rings. The minimum Gasteiger partial charge on any atom is -0.483 e. The Kier molecular flexibility index (Phi) is 5.38. The molecule has 2 N–H and O–H groups in total. The topological polar surface area (TPSA) is 75.6 Å². The Hall–Kier alpha value is -2.53. The first kappa shape index (κ1) is 15.9. The lowest BCUT2D eigenvalue weighted by molar-refractivity contribution is -0.123. The van der Waals surface area contributed by atoms with Crippen LogP contribution < -0.4 is 10.1 Å². The Labute approximate surface area is 132 Å². The number of ether oxygens (including phenoxy) is 1. The number of benzene rings is 2. The molecule has 22 heavy (non-hydrogen) atoms. The number of nitrogens with one attached hydrogen (secondary N) is 1. The second kappa shape index (κ2) is 7.47. The van der Waals surface area contributed by atoms with Crippen molar-refractivity contribution in [2.75, 3.05) is 6.61 Å². The highest BCUT2D eigenvalue weighted by Crippen LogP contribution is 2.22. The zero-order chi connectivity index (χ0) is 15.9. The second-order valence-electron chi connectivity index (χ2n) is 4.50. The number of amides is 1. The summed E-state index contributed by atoms with van der Waals surface area (Å²) in [4.78, 5) is 22.8. The molecule has 0 aliphatic carbocycles. The Morgan fingerprint density at radius 2 is 1.86 bits per heavy atom. The van der Waals surface area contributed by atoms with E-state index in [1.54, 1.807) is 0 Å². The second-order valence-corrected chi connectivity index (χ2v) is 4.93. The van der Waals surface area contributed by atoms with Gasteiger partial charge in [-0.05, 0) is 23.8 Å². The van der Waals surface area contributed by atoms with E-state index in [0.29, 0.717) is 11.6 Å². The van der Waals surface area contributed by atoms with Crippen LogP contribution in [0.1, 0.15) is 15.9 Å². The largest absolute Gasteiger partial charge is 0.483 e. The van der Waals surface area contributed by atoms with E-state index in [1.807, 2.05) is 30.3 Å². The Morgan fingerprint density at radius 3 is 2.55 bits per heavy atom. The monoisotopic (exact) mass is 319 g/mol. The van der Waals surface area contributed by atoms with Gasteiger partial charge in [-0.25, -0.2) is 4.79 Å². The summed E-state index contributed by atoms with van der Waals surface area (Å²) in [5.74, 6) is -1.40. The van der Waals surface area contributed by atoms with Crippen LogP contribution in [0, 0.1) is 0 Å². The maximum atomic E-state index is 11.7. The third-order valence-corrected chi connectivity index (χ3v) is 3.10. The molecule has 0 bridgehead atoms. The Morgan fingerprint density at radius 1 is 1.14 bits per heavy atom. The van der Waals surface area contributed by atoms with Crippen LogP contribution in [0.5, 0.6) is 5.75 Å². The van der Waals surface area contributed by atoms with Crippen molar-refractivity contribution in [3.63, 3.8) is 0 Å². The quantitative estimate of drug-likeness (QED) is 0.858. The first-order chi connectivity index (χ1) is 10.6. The molecule has 0 unspecified atom stereocenters. The highest BCUT2D eigenvalue weighted by Gasteiger charge is 2.13. The number of carbonyl (C=O) groups excluding carboxylic acids is 1. The zero-order valence-electron chi connectivity index (χ0n) is 11.6. The van der Waals surface area contributed by atoms with Gasteiger partial charge in [0.1, 0.15) is 11.3 Å². The van der Waals surface area contributed by atoms with Gasteiger partial charge in [0.2, 0.25) is 0 Å². The number of carboxylic acid groups (broad SMARTS) is 1. The molecule has 0 fully saturated rings. The molecule has 2 aromatic carbocycles. The van der Waals surface area contributed by atoms with E-state index in [9.17, 15) is 9.59 Å². The lowest BCUT2D eigenvalue weighted by Crippen LogP contribution is -2.28. The van der Waals surface area contributed by atoms with Gasteiger partial charge >= 0.3 is 5.97 Å². The fraction of sp³-hybridized carbons (Fsp3) is 0.125. The van der Waals surface area contributed by atoms with Crippen LogP contribution in [0.15, 0.2) is 48.5 Å². The van der Waals surface area contributed by atoms with E-state index in [2.05, 4.69) is 5.32 Å². The van der Waals surface area contributed by atoms with Crippen LogP contribution in [0.25, 0.3) is 0 Å². The van der Waals surface area contributed by atoms with Gasteiger partial charge in [0.15, 0.2) is 6.61 Å².